The van der Waals surface area contributed by atoms with E-state index in [1.807, 2.05) is 0 Å². The summed E-state index contributed by atoms with van der Waals surface area (Å²) in [5, 5.41) is 7.95. The van der Waals surface area contributed by atoms with Gasteiger partial charge in [0.2, 0.25) is 0 Å². The molecular weight excluding hydrogens is 841 g/mol. The lowest BCUT2D eigenvalue weighted by molar-refractivity contribution is -0.592. The van der Waals surface area contributed by atoms with Gasteiger partial charge in [-0.15, -0.1) is 0 Å². The van der Waals surface area contributed by atoms with E-state index in [1.165, 1.54) is 4.74 Å². The van der Waals surface area contributed by atoms with Crippen molar-refractivity contribution in [2.45, 2.75) is 84.7 Å². The fourth-order valence-corrected chi connectivity index (χ4v) is 2.20. The Labute approximate surface area is 254 Å². The van der Waals surface area contributed by atoms with E-state index in [0.717, 1.165) is 14.2 Å². The van der Waals surface area contributed by atoms with Crippen LogP contribution in [0.15, 0.2) is 0 Å². The lowest BCUT2D eigenvalue weighted by atomic mass is 10.2. The molecule has 4 unspecified atom stereocenters. The number of ether oxygens (including phenoxy) is 4. The molecule has 5 N–H and O–H groups in total. The highest BCUT2D eigenvalue weighted by Gasteiger charge is 2.90. The largest absolute Gasteiger partial charge is 0.477 e. The molecule has 0 saturated carbocycles. The number of carbonyl (C=O) groups is 1. The monoisotopic (exact) mass is 846 g/mol. The number of halogens is 29. The summed E-state index contributed by atoms with van der Waals surface area (Å²) in [6, 6.07) is 0. The van der Waals surface area contributed by atoms with Gasteiger partial charge in [-0.25, -0.2) is 4.79 Å². The highest BCUT2D eigenvalue weighted by atomic mass is 19.4. The van der Waals surface area contributed by atoms with Gasteiger partial charge in [-0.1, -0.05) is 0 Å². The SMILES string of the molecule is O=C(O)C(F)(OC(F)(F)C(F)(OC(F)(F)C(F)(OC(F)(F)C(F)(OC(F)(F)C(F)(F)C(F)(F)F)C(F)(F)F)C(F)(F)F)C(F)(F)F)C(F)(F)F.[NH4+]. The summed E-state index contributed by atoms with van der Waals surface area (Å²) in [6.45, 7) is 0. The molecule has 4 atom stereocenters. The summed E-state index contributed by atoms with van der Waals surface area (Å²) in [5.41, 5.74) is 0. The fourth-order valence-electron chi connectivity index (χ4n) is 2.20. The number of hydrogen-bond donors (Lipinski definition) is 2. The molecule has 7 nitrogen and oxygen atoms in total. The average Bonchev–Trinajstić information content (AvgIpc) is 2.78. The zero-order valence-corrected chi connectivity index (χ0v) is 21.9. The number of aliphatic carboxylic acids is 1. The summed E-state index contributed by atoms with van der Waals surface area (Å²) >= 11 is 0. The van der Waals surface area contributed by atoms with Gasteiger partial charge in [-0.3, -0.25) is 18.9 Å². The standard InChI is InChI=1S/C15HF29O6.H3N/c16-2(1(45)46,7(22,23)24)47-13(39,40)4(19,9(28,29)30)49-15(43,44)6(21,11(34,35)36)50-14(41,42)5(20,10(31,32)33)48-12(37,38)3(17,18)8(25,26)27;/h(H,45,46);1H3/p+1. The number of hydrogen-bond acceptors (Lipinski definition) is 5. The Morgan fingerprint density at radius 1 is 0.333 bits per heavy atom. The quantitative estimate of drug-likeness (QED) is 0.179. The maximum atomic E-state index is 14.3. The van der Waals surface area contributed by atoms with E-state index in [9.17, 15) is 132 Å². The molecule has 0 aromatic carbocycles. The summed E-state index contributed by atoms with van der Waals surface area (Å²) in [5.74, 6) is -47.9. The van der Waals surface area contributed by atoms with E-state index < -0.39 is 90.6 Å². The Hall–Kier alpha value is -2.76. The van der Waals surface area contributed by atoms with Crippen LogP contribution in [0.1, 0.15) is 0 Å². The van der Waals surface area contributed by atoms with Crippen molar-refractivity contribution in [2.75, 3.05) is 0 Å². The average molecular weight is 846 g/mol. The van der Waals surface area contributed by atoms with Crippen molar-refractivity contribution in [3.05, 3.63) is 0 Å². The van der Waals surface area contributed by atoms with E-state index in [2.05, 4.69) is 0 Å². The maximum absolute atomic E-state index is 14.3. The first kappa shape index (κ1) is 50.3. The number of alkyl halides is 29. The molecule has 0 amide bonds. The second-order valence-electron chi connectivity index (χ2n) is 8.22. The molecule has 0 heterocycles. The van der Waals surface area contributed by atoms with Gasteiger partial charge in [0, 0.05) is 0 Å². The minimum atomic E-state index is -9.26. The van der Waals surface area contributed by atoms with Crippen molar-refractivity contribution >= 4 is 5.97 Å². The first-order valence-electron chi connectivity index (χ1n) is 10.0. The van der Waals surface area contributed by atoms with Gasteiger partial charge < -0.3 is 11.3 Å². The number of carboxylic acid groups (broad SMARTS) is 1. The van der Waals surface area contributed by atoms with Crippen LogP contribution >= 0.6 is 0 Å². The van der Waals surface area contributed by atoms with E-state index in [1.54, 1.807) is 0 Å². The molecule has 0 rings (SSSR count). The second-order valence-corrected chi connectivity index (χ2v) is 8.22. The van der Waals surface area contributed by atoms with Crippen molar-refractivity contribution in [1.29, 1.82) is 0 Å². The number of carboxylic acids is 1. The zero-order chi connectivity index (χ0) is 41.4. The van der Waals surface area contributed by atoms with Crippen LogP contribution in [0.4, 0.5) is 127 Å². The molecule has 51 heavy (non-hydrogen) atoms. The van der Waals surface area contributed by atoms with Gasteiger partial charge in [0.05, 0.1) is 0 Å². The normalized spacial score (nSPS) is 20.0. The van der Waals surface area contributed by atoms with Crippen LogP contribution in [-0.2, 0) is 23.7 Å². The van der Waals surface area contributed by atoms with Crippen molar-refractivity contribution in [3.63, 3.8) is 0 Å². The van der Waals surface area contributed by atoms with Crippen LogP contribution in [0.3, 0.4) is 0 Å². The lowest BCUT2D eigenvalue weighted by Crippen LogP contribution is -2.72. The van der Waals surface area contributed by atoms with E-state index in [4.69, 9.17) is 5.11 Å². The molecule has 0 aromatic rings. The molecule has 0 aliphatic rings. The van der Waals surface area contributed by atoms with Gasteiger partial charge in [0.15, 0.2) is 0 Å². The van der Waals surface area contributed by atoms with Crippen LogP contribution in [0.5, 0.6) is 0 Å². The molecule has 0 aromatic heterocycles. The first-order valence-corrected chi connectivity index (χ1v) is 10.0. The second kappa shape index (κ2) is 13.0. The highest BCUT2D eigenvalue weighted by Crippen LogP contribution is 2.61. The lowest BCUT2D eigenvalue weighted by Gasteiger charge is -2.43. The molecule has 0 aliphatic heterocycles. The van der Waals surface area contributed by atoms with Crippen LogP contribution in [0.2, 0.25) is 0 Å². The third-order valence-electron chi connectivity index (χ3n) is 4.65. The van der Waals surface area contributed by atoms with Crippen LogP contribution < -0.4 is 6.15 Å². The summed E-state index contributed by atoms with van der Waals surface area (Å²) in [4.78, 5) is 10.3. The minimum absolute atomic E-state index is 0. The van der Waals surface area contributed by atoms with E-state index in [0.29, 0.717) is 0 Å². The molecule has 0 spiro atoms. The maximum Gasteiger partial charge on any atom is 0.462 e. The van der Waals surface area contributed by atoms with Gasteiger partial charge in [-0.2, -0.15) is 127 Å². The third kappa shape index (κ3) is 8.25. The summed E-state index contributed by atoms with van der Waals surface area (Å²) in [6.07, 6.45) is -77.8. The molecule has 0 radical (unpaired) electrons. The van der Waals surface area contributed by atoms with Crippen LogP contribution in [0, 0.1) is 0 Å². The molecule has 0 saturated heterocycles. The summed E-state index contributed by atoms with van der Waals surface area (Å²) < 4.78 is 386. The summed E-state index contributed by atoms with van der Waals surface area (Å²) in [7, 11) is 0. The molecule has 0 bridgehead atoms. The van der Waals surface area contributed by atoms with Crippen LogP contribution in [0.25, 0.3) is 0 Å². The molecule has 308 valence electrons. The van der Waals surface area contributed by atoms with Gasteiger partial charge in [0.25, 0.3) is 0 Å². The number of rotatable bonds is 13. The van der Waals surface area contributed by atoms with E-state index in [-0.39, 0.29) is 6.15 Å². The molecule has 0 aliphatic carbocycles. The Morgan fingerprint density at radius 3 is 0.725 bits per heavy atom. The van der Waals surface area contributed by atoms with Gasteiger partial charge >= 0.3 is 90.6 Å². The highest BCUT2D eigenvalue weighted by molar-refractivity contribution is 5.76. The Bertz CT molecular complexity index is 1240. The predicted molar refractivity (Wildman–Crippen MR) is 88.3 cm³/mol. The molecule has 0 fully saturated rings. The molecular formula is C15H5F29NO6+. The number of quaternary nitrogens is 1. The van der Waals surface area contributed by atoms with Gasteiger partial charge in [-0.05, 0) is 0 Å². The van der Waals surface area contributed by atoms with Crippen molar-refractivity contribution in [3.8, 4) is 0 Å². The fraction of sp³-hybridized carbons (Fsp3) is 0.933. The first-order chi connectivity index (χ1) is 21.0. The minimum Gasteiger partial charge on any atom is -0.477 e. The Kier molecular flexibility index (Phi) is 12.8. The van der Waals surface area contributed by atoms with Crippen molar-refractivity contribution in [2.24, 2.45) is 0 Å². The van der Waals surface area contributed by atoms with Crippen LogP contribution in [-0.4, -0.2) is 95.7 Å². The Morgan fingerprint density at radius 2 is 0.549 bits per heavy atom. The predicted octanol–water partition coefficient (Wildman–Crippen LogP) is 8.99. The van der Waals surface area contributed by atoms with E-state index >= 15 is 0 Å². The van der Waals surface area contributed by atoms with Crippen molar-refractivity contribution in [1.82, 2.24) is 6.15 Å². The molecule has 36 heteroatoms. The van der Waals surface area contributed by atoms with Gasteiger partial charge in [0.1, 0.15) is 0 Å². The van der Waals surface area contributed by atoms with Crippen molar-refractivity contribution < 1.29 is 156 Å². The third-order valence-corrected chi connectivity index (χ3v) is 4.65. The Balaban J connectivity index is 0. The topological polar surface area (TPSA) is 111 Å². The smallest absolute Gasteiger partial charge is 0.462 e. The zero-order valence-electron chi connectivity index (χ0n) is 21.9.